The average molecular weight is 279 g/mol. The number of ether oxygens (including phenoxy) is 1. The summed E-state index contributed by atoms with van der Waals surface area (Å²) < 4.78 is 4.74. The second-order valence-electron chi connectivity index (χ2n) is 5.03. The quantitative estimate of drug-likeness (QED) is 0.810. The normalized spacial score (nSPS) is 13.4. The lowest BCUT2D eigenvalue weighted by Gasteiger charge is -2.27. The molecular weight excluding hydrogens is 258 g/mol. The highest BCUT2D eigenvalue weighted by Gasteiger charge is 2.35. The number of benzene rings is 1. The number of hydrogen-bond acceptors (Lipinski definition) is 4. The molecule has 0 aliphatic rings. The number of phenolic OH excluding ortho intramolecular Hbond substituents is 1. The van der Waals surface area contributed by atoms with Crippen molar-refractivity contribution in [3.05, 3.63) is 29.3 Å². The highest BCUT2D eigenvalue weighted by atomic mass is 16.5. The van der Waals surface area contributed by atoms with E-state index in [0.29, 0.717) is 17.5 Å². The summed E-state index contributed by atoms with van der Waals surface area (Å²) in [6, 6.07) is 4.64. The van der Waals surface area contributed by atoms with Crippen molar-refractivity contribution in [1.29, 1.82) is 0 Å². The topological polar surface area (TPSA) is 75.6 Å². The van der Waals surface area contributed by atoms with Crippen molar-refractivity contribution in [3.63, 3.8) is 0 Å². The number of carbonyl (C=O) groups excluding carboxylic acids is 2. The van der Waals surface area contributed by atoms with Crippen LogP contribution >= 0.6 is 0 Å². The fourth-order valence-electron chi connectivity index (χ4n) is 2.01. The summed E-state index contributed by atoms with van der Waals surface area (Å²) in [6.07, 6.45) is 1.20. The first-order chi connectivity index (χ1) is 9.34. The van der Waals surface area contributed by atoms with Gasteiger partial charge in [-0.3, -0.25) is 4.79 Å². The zero-order valence-corrected chi connectivity index (χ0v) is 12.3. The predicted octanol–water partition coefficient (Wildman–Crippen LogP) is 2.16. The van der Waals surface area contributed by atoms with Gasteiger partial charge in [0.25, 0.3) is 5.91 Å². The Kier molecular flexibility index (Phi) is 5.13. The summed E-state index contributed by atoms with van der Waals surface area (Å²) >= 11 is 0. The van der Waals surface area contributed by atoms with Gasteiger partial charge in [-0.2, -0.15) is 0 Å². The van der Waals surface area contributed by atoms with Crippen molar-refractivity contribution in [2.45, 2.75) is 39.2 Å². The maximum atomic E-state index is 12.2. The fourth-order valence-corrected chi connectivity index (χ4v) is 2.01. The van der Waals surface area contributed by atoms with Crippen LogP contribution in [0.5, 0.6) is 5.75 Å². The van der Waals surface area contributed by atoms with Crippen molar-refractivity contribution < 1.29 is 19.4 Å². The number of rotatable bonds is 5. The van der Waals surface area contributed by atoms with Crippen molar-refractivity contribution in [2.75, 3.05) is 7.11 Å². The number of esters is 1. The molecule has 1 aromatic rings. The molecule has 1 atom stereocenters. The maximum absolute atomic E-state index is 12.2. The Hall–Kier alpha value is -2.04. The monoisotopic (exact) mass is 279 g/mol. The molecule has 1 rings (SSSR count). The summed E-state index contributed by atoms with van der Waals surface area (Å²) in [6.45, 7) is 5.30. The Morgan fingerprint density at radius 2 is 2.05 bits per heavy atom. The minimum atomic E-state index is -1.07. The van der Waals surface area contributed by atoms with Crippen molar-refractivity contribution in [1.82, 2.24) is 5.32 Å². The fraction of sp³-hybridized carbons (Fsp3) is 0.467. The van der Waals surface area contributed by atoms with Crippen molar-refractivity contribution in [3.8, 4) is 5.75 Å². The Morgan fingerprint density at radius 1 is 1.40 bits per heavy atom. The van der Waals surface area contributed by atoms with Gasteiger partial charge in [-0.15, -0.1) is 0 Å². The van der Waals surface area contributed by atoms with Gasteiger partial charge in [0.15, 0.2) is 0 Å². The van der Waals surface area contributed by atoms with Crippen LogP contribution < -0.4 is 5.32 Å². The molecule has 0 aliphatic heterocycles. The van der Waals surface area contributed by atoms with Crippen LogP contribution in [0, 0.1) is 6.92 Å². The lowest BCUT2D eigenvalue weighted by Crippen LogP contribution is -2.52. The number of methoxy groups -OCH3 is 1. The number of carbonyl (C=O) groups is 2. The summed E-state index contributed by atoms with van der Waals surface area (Å²) in [5.74, 6) is -0.849. The first-order valence-electron chi connectivity index (χ1n) is 6.54. The molecule has 0 aliphatic carbocycles. The van der Waals surface area contributed by atoms with E-state index in [-0.39, 0.29) is 5.75 Å². The van der Waals surface area contributed by atoms with Gasteiger partial charge >= 0.3 is 5.97 Å². The Labute approximate surface area is 118 Å². The second kappa shape index (κ2) is 6.41. The van der Waals surface area contributed by atoms with Crippen LogP contribution in [0.2, 0.25) is 0 Å². The van der Waals surface area contributed by atoms with Gasteiger partial charge in [-0.05, 0) is 38.0 Å². The lowest BCUT2D eigenvalue weighted by atomic mass is 9.95. The smallest absolute Gasteiger partial charge is 0.331 e. The summed E-state index contributed by atoms with van der Waals surface area (Å²) in [7, 11) is 1.29. The molecule has 0 heterocycles. The number of aryl methyl sites for hydroxylation is 1. The minimum Gasteiger partial charge on any atom is -0.508 e. The molecule has 20 heavy (non-hydrogen) atoms. The second-order valence-corrected chi connectivity index (χ2v) is 5.03. The van der Waals surface area contributed by atoms with Gasteiger partial charge in [-0.1, -0.05) is 19.4 Å². The van der Waals surface area contributed by atoms with E-state index in [1.165, 1.54) is 13.2 Å². The first-order valence-corrected chi connectivity index (χ1v) is 6.54. The van der Waals surface area contributed by atoms with Gasteiger partial charge in [0.2, 0.25) is 0 Å². The Bertz CT molecular complexity index is 513. The molecule has 5 heteroatoms. The molecule has 0 bridgehead atoms. The predicted molar refractivity (Wildman–Crippen MR) is 75.6 cm³/mol. The van der Waals surface area contributed by atoms with Crippen LogP contribution in [0.1, 0.15) is 42.6 Å². The lowest BCUT2D eigenvalue weighted by molar-refractivity contribution is -0.147. The van der Waals surface area contributed by atoms with Crippen LogP contribution in [-0.4, -0.2) is 29.6 Å². The van der Waals surface area contributed by atoms with E-state index in [0.717, 1.165) is 6.42 Å². The first kappa shape index (κ1) is 16.0. The highest BCUT2D eigenvalue weighted by molar-refractivity contribution is 5.98. The molecule has 0 fully saturated rings. The van der Waals surface area contributed by atoms with Gasteiger partial charge in [0, 0.05) is 5.56 Å². The third-order valence-corrected chi connectivity index (χ3v) is 3.25. The highest BCUT2D eigenvalue weighted by Crippen LogP contribution is 2.19. The van der Waals surface area contributed by atoms with E-state index in [9.17, 15) is 14.7 Å². The zero-order valence-electron chi connectivity index (χ0n) is 12.3. The molecule has 1 unspecified atom stereocenters. The van der Waals surface area contributed by atoms with Crippen molar-refractivity contribution in [2.24, 2.45) is 0 Å². The molecule has 0 aromatic heterocycles. The van der Waals surface area contributed by atoms with Crippen LogP contribution in [0.4, 0.5) is 0 Å². The zero-order chi connectivity index (χ0) is 15.3. The van der Waals surface area contributed by atoms with E-state index in [1.54, 1.807) is 26.0 Å². The molecule has 0 saturated heterocycles. The standard InChI is InChI=1S/C15H21NO4/c1-5-8-15(3,14(19)20-4)16-13(18)11-7-6-10(2)12(17)9-11/h6-7,9,17H,5,8H2,1-4H3,(H,16,18). The van der Waals surface area contributed by atoms with Gasteiger partial charge in [-0.25, -0.2) is 4.79 Å². The van der Waals surface area contributed by atoms with Crippen LogP contribution in [0.15, 0.2) is 18.2 Å². The molecule has 5 nitrogen and oxygen atoms in total. The molecule has 2 N–H and O–H groups in total. The Morgan fingerprint density at radius 3 is 2.55 bits per heavy atom. The number of hydrogen-bond donors (Lipinski definition) is 2. The molecule has 0 radical (unpaired) electrons. The molecular formula is C15H21NO4. The number of nitrogens with one attached hydrogen (secondary N) is 1. The molecule has 1 aromatic carbocycles. The third kappa shape index (κ3) is 3.50. The van der Waals surface area contributed by atoms with E-state index < -0.39 is 17.4 Å². The third-order valence-electron chi connectivity index (χ3n) is 3.25. The van der Waals surface area contributed by atoms with Crippen molar-refractivity contribution >= 4 is 11.9 Å². The van der Waals surface area contributed by atoms with E-state index in [1.807, 2.05) is 6.92 Å². The van der Waals surface area contributed by atoms with Gasteiger partial charge in [0.05, 0.1) is 7.11 Å². The minimum absolute atomic E-state index is 0.0490. The molecule has 110 valence electrons. The number of aromatic hydroxyl groups is 1. The average Bonchev–Trinajstić information content (AvgIpc) is 2.40. The molecule has 0 saturated carbocycles. The maximum Gasteiger partial charge on any atom is 0.331 e. The summed E-state index contributed by atoms with van der Waals surface area (Å²) in [5, 5.41) is 12.3. The van der Waals surface area contributed by atoms with E-state index in [2.05, 4.69) is 5.32 Å². The van der Waals surface area contributed by atoms with Crippen LogP contribution in [0.3, 0.4) is 0 Å². The SMILES string of the molecule is CCCC(C)(NC(=O)c1ccc(C)c(O)c1)C(=O)OC. The summed E-state index contributed by atoms with van der Waals surface area (Å²) in [5.41, 5.74) is -0.0775. The molecule has 0 spiro atoms. The van der Waals surface area contributed by atoms with E-state index in [4.69, 9.17) is 4.74 Å². The van der Waals surface area contributed by atoms with Crippen LogP contribution in [-0.2, 0) is 9.53 Å². The number of phenols is 1. The van der Waals surface area contributed by atoms with Crippen LogP contribution in [0.25, 0.3) is 0 Å². The summed E-state index contributed by atoms with van der Waals surface area (Å²) in [4.78, 5) is 24.0. The van der Waals surface area contributed by atoms with Gasteiger partial charge < -0.3 is 15.2 Å². The van der Waals surface area contributed by atoms with Gasteiger partial charge in [0.1, 0.15) is 11.3 Å². The Balaban J connectivity index is 2.96. The number of amides is 1. The largest absolute Gasteiger partial charge is 0.508 e. The van der Waals surface area contributed by atoms with E-state index >= 15 is 0 Å². The molecule has 1 amide bonds.